The Morgan fingerprint density at radius 2 is 2.44 bits per heavy atom. The van der Waals surface area contributed by atoms with Gasteiger partial charge >= 0.3 is 0 Å². The minimum absolute atomic E-state index is 0.139. The van der Waals surface area contributed by atoms with E-state index < -0.39 is 0 Å². The van der Waals surface area contributed by atoms with E-state index >= 15 is 0 Å². The van der Waals surface area contributed by atoms with Crippen LogP contribution in [0.3, 0.4) is 0 Å². The van der Waals surface area contributed by atoms with Crippen molar-refractivity contribution >= 4 is 17.5 Å². The topological polar surface area (TPSA) is 42.4 Å². The number of likely N-dealkylation sites (tertiary alicyclic amines) is 1. The van der Waals surface area contributed by atoms with Gasteiger partial charge in [-0.05, 0) is 18.9 Å². The fraction of sp³-hybridized carbons (Fsp3) is 0.538. The SMILES string of the molecule is CC(=O)N1C[C@H]2c3ccc(Cl)nc3OC23CC[C@H]13. The van der Waals surface area contributed by atoms with Crippen molar-refractivity contribution in [2.24, 2.45) is 0 Å². The Bertz CT molecular complexity index is 562. The summed E-state index contributed by atoms with van der Waals surface area (Å²) in [5, 5.41) is 0.462. The van der Waals surface area contributed by atoms with Crippen LogP contribution in [0.15, 0.2) is 12.1 Å². The Labute approximate surface area is 110 Å². The number of fused-ring (bicyclic) bond motifs is 2. The molecule has 1 spiro atoms. The molecule has 1 aliphatic carbocycles. The highest BCUT2D eigenvalue weighted by atomic mass is 35.5. The summed E-state index contributed by atoms with van der Waals surface area (Å²) < 4.78 is 6.09. The summed E-state index contributed by atoms with van der Waals surface area (Å²) in [5.74, 6) is 1.07. The Morgan fingerprint density at radius 3 is 3.11 bits per heavy atom. The van der Waals surface area contributed by atoms with Gasteiger partial charge in [-0.1, -0.05) is 17.7 Å². The summed E-state index contributed by atoms with van der Waals surface area (Å²) in [5.41, 5.74) is 0.888. The quantitative estimate of drug-likeness (QED) is 0.673. The van der Waals surface area contributed by atoms with Gasteiger partial charge in [0.05, 0.1) is 6.04 Å². The van der Waals surface area contributed by atoms with E-state index in [2.05, 4.69) is 4.98 Å². The van der Waals surface area contributed by atoms with Crippen LogP contribution in [0.2, 0.25) is 5.15 Å². The molecule has 3 atom stereocenters. The number of carbonyl (C=O) groups excluding carboxylic acids is 1. The molecule has 1 aromatic heterocycles. The maximum atomic E-state index is 11.7. The monoisotopic (exact) mass is 264 g/mol. The van der Waals surface area contributed by atoms with Crippen LogP contribution in [-0.4, -0.2) is 34.0 Å². The first-order chi connectivity index (χ1) is 8.62. The first kappa shape index (κ1) is 10.6. The van der Waals surface area contributed by atoms with E-state index in [1.807, 2.05) is 11.0 Å². The zero-order valence-corrected chi connectivity index (χ0v) is 10.8. The van der Waals surface area contributed by atoms with Gasteiger partial charge in [0.2, 0.25) is 11.8 Å². The van der Waals surface area contributed by atoms with E-state index in [-0.39, 0.29) is 23.5 Å². The van der Waals surface area contributed by atoms with Crippen molar-refractivity contribution in [1.29, 1.82) is 0 Å². The van der Waals surface area contributed by atoms with Crippen LogP contribution in [0.5, 0.6) is 5.88 Å². The van der Waals surface area contributed by atoms with Crippen LogP contribution >= 0.6 is 11.6 Å². The second kappa shape index (κ2) is 3.18. The molecule has 3 aliphatic rings. The van der Waals surface area contributed by atoms with E-state index in [1.165, 1.54) is 0 Å². The molecule has 1 aromatic rings. The summed E-state index contributed by atoms with van der Waals surface area (Å²) in [6.45, 7) is 2.38. The van der Waals surface area contributed by atoms with E-state index in [9.17, 15) is 4.79 Å². The Balaban J connectivity index is 1.79. The number of nitrogens with zero attached hydrogens (tertiary/aromatic N) is 2. The van der Waals surface area contributed by atoms with Crippen LogP contribution in [0.4, 0.5) is 0 Å². The van der Waals surface area contributed by atoms with Crippen molar-refractivity contribution in [3.05, 3.63) is 22.8 Å². The summed E-state index contributed by atoms with van der Waals surface area (Å²) in [6, 6.07) is 4.00. The summed E-state index contributed by atoms with van der Waals surface area (Å²) >= 11 is 5.90. The van der Waals surface area contributed by atoms with Gasteiger partial charge in [0.25, 0.3) is 0 Å². The number of aromatic nitrogens is 1. The molecule has 18 heavy (non-hydrogen) atoms. The van der Waals surface area contributed by atoms with Crippen LogP contribution in [0.1, 0.15) is 31.2 Å². The number of carbonyl (C=O) groups is 1. The molecule has 94 valence electrons. The highest BCUT2D eigenvalue weighted by Gasteiger charge is 2.66. The van der Waals surface area contributed by atoms with Crippen molar-refractivity contribution in [2.45, 2.75) is 37.3 Å². The predicted octanol–water partition coefficient (Wildman–Crippen LogP) is 1.97. The third-order valence-corrected chi connectivity index (χ3v) is 4.85. The molecule has 4 nitrogen and oxygen atoms in total. The lowest BCUT2D eigenvalue weighted by molar-refractivity contribution is -0.135. The van der Waals surface area contributed by atoms with Gasteiger partial charge in [-0.25, -0.2) is 4.98 Å². The second-order valence-corrected chi connectivity index (χ2v) is 5.75. The van der Waals surface area contributed by atoms with E-state index in [4.69, 9.17) is 16.3 Å². The fourth-order valence-corrected chi connectivity index (χ4v) is 3.86. The number of ether oxygens (including phenoxy) is 1. The minimum Gasteiger partial charge on any atom is -0.468 e. The molecule has 1 amide bonds. The van der Waals surface area contributed by atoms with Gasteiger partial charge in [0.15, 0.2) is 0 Å². The number of hydrogen-bond acceptors (Lipinski definition) is 3. The molecule has 1 unspecified atom stereocenters. The Morgan fingerprint density at radius 1 is 1.61 bits per heavy atom. The maximum absolute atomic E-state index is 11.7. The maximum Gasteiger partial charge on any atom is 0.219 e. The van der Waals surface area contributed by atoms with Crippen molar-refractivity contribution in [1.82, 2.24) is 9.88 Å². The van der Waals surface area contributed by atoms with E-state index in [1.54, 1.807) is 13.0 Å². The minimum atomic E-state index is -0.217. The van der Waals surface area contributed by atoms with Crippen molar-refractivity contribution in [3.63, 3.8) is 0 Å². The molecule has 4 rings (SSSR count). The van der Waals surface area contributed by atoms with Gasteiger partial charge in [-0.15, -0.1) is 0 Å². The molecular weight excluding hydrogens is 252 g/mol. The molecular formula is C13H13ClN2O2. The van der Waals surface area contributed by atoms with Gasteiger partial charge in [0, 0.05) is 24.9 Å². The van der Waals surface area contributed by atoms with Gasteiger partial charge in [0.1, 0.15) is 10.8 Å². The molecule has 0 N–H and O–H groups in total. The molecule has 0 bridgehead atoms. The first-order valence-corrected chi connectivity index (χ1v) is 6.62. The van der Waals surface area contributed by atoms with E-state index in [0.717, 1.165) is 24.9 Å². The highest BCUT2D eigenvalue weighted by Crippen LogP contribution is 2.59. The number of pyridine rings is 1. The number of halogens is 1. The van der Waals surface area contributed by atoms with Crippen LogP contribution in [0.25, 0.3) is 0 Å². The number of hydrogen-bond donors (Lipinski definition) is 0. The third kappa shape index (κ3) is 1.08. The zero-order chi connectivity index (χ0) is 12.5. The van der Waals surface area contributed by atoms with Crippen LogP contribution in [0, 0.1) is 0 Å². The third-order valence-electron chi connectivity index (χ3n) is 4.64. The molecule has 1 saturated heterocycles. The van der Waals surface area contributed by atoms with Gasteiger partial charge < -0.3 is 9.64 Å². The number of rotatable bonds is 0. The molecule has 1 saturated carbocycles. The molecule has 5 heteroatoms. The lowest BCUT2D eigenvalue weighted by Gasteiger charge is -2.45. The Hall–Kier alpha value is -1.29. The van der Waals surface area contributed by atoms with Crippen molar-refractivity contribution in [3.8, 4) is 5.88 Å². The standard InChI is InChI=1S/C13H13ClN2O2/c1-7(17)16-6-9-8-2-3-11(14)15-12(8)18-13(9)5-4-10(13)16/h2-3,9-10H,4-6H2,1H3/t9-,10-,13?/m0/s1. The summed E-state index contributed by atoms with van der Waals surface area (Å²) in [7, 11) is 0. The molecule has 2 aliphatic heterocycles. The van der Waals surface area contributed by atoms with Crippen LogP contribution < -0.4 is 4.74 Å². The smallest absolute Gasteiger partial charge is 0.219 e. The highest BCUT2D eigenvalue weighted by molar-refractivity contribution is 6.29. The average Bonchev–Trinajstić information content (AvgIpc) is 2.72. The van der Waals surface area contributed by atoms with Gasteiger partial charge in [-0.2, -0.15) is 0 Å². The lowest BCUT2D eigenvalue weighted by atomic mass is 9.69. The van der Waals surface area contributed by atoms with Gasteiger partial charge in [-0.3, -0.25) is 4.79 Å². The second-order valence-electron chi connectivity index (χ2n) is 5.36. The molecule has 0 radical (unpaired) electrons. The largest absolute Gasteiger partial charge is 0.468 e. The van der Waals surface area contributed by atoms with Crippen LogP contribution in [-0.2, 0) is 4.79 Å². The summed E-state index contributed by atoms with van der Waals surface area (Å²) in [6.07, 6.45) is 2.03. The normalized spacial score (nSPS) is 35.3. The fourth-order valence-electron chi connectivity index (χ4n) is 3.72. The Kier molecular flexibility index (Phi) is 1.87. The van der Waals surface area contributed by atoms with E-state index in [0.29, 0.717) is 11.0 Å². The predicted molar refractivity (Wildman–Crippen MR) is 65.8 cm³/mol. The summed E-state index contributed by atoms with van der Waals surface area (Å²) in [4.78, 5) is 17.9. The van der Waals surface area contributed by atoms with Crippen molar-refractivity contribution < 1.29 is 9.53 Å². The van der Waals surface area contributed by atoms with Crippen molar-refractivity contribution in [2.75, 3.05) is 6.54 Å². The lowest BCUT2D eigenvalue weighted by Crippen LogP contribution is -2.58. The molecule has 2 fully saturated rings. The number of amides is 1. The zero-order valence-electron chi connectivity index (χ0n) is 10.0. The molecule has 3 heterocycles. The average molecular weight is 265 g/mol. The molecule has 0 aromatic carbocycles. The first-order valence-electron chi connectivity index (χ1n) is 6.24.